The number of aromatic nitrogens is 2. The molecule has 0 radical (unpaired) electrons. The standard InChI is InChI=1S/C24H37N5O2/c1-16(2)14-20-15-22(26-17(3)25-20)24(31)29-12-8-21(9-13-29)28-10-6-18(7-11-28)23(30)27-19-4-5-19/h15-16,18-19,21H,4-14H2,1-3H3,(H,27,30). The van der Waals surface area contributed by atoms with Gasteiger partial charge in [-0.05, 0) is 76.9 Å². The lowest BCUT2D eigenvalue weighted by molar-refractivity contribution is -0.126. The average Bonchev–Trinajstić information content (AvgIpc) is 3.56. The van der Waals surface area contributed by atoms with Crippen LogP contribution in [0.3, 0.4) is 0 Å². The molecule has 1 aromatic heterocycles. The van der Waals surface area contributed by atoms with Crippen molar-refractivity contribution in [2.24, 2.45) is 11.8 Å². The minimum absolute atomic E-state index is 0.0319. The predicted octanol–water partition coefficient (Wildman–Crippen LogP) is 2.58. The van der Waals surface area contributed by atoms with Gasteiger partial charge in [0.05, 0.1) is 0 Å². The first-order valence-corrected chi connectivity index (χ1v) is 12.1. The highest BCUT2D eigenvalue weighted by Gasteiger charge is 2.33. The normalized spacial score (nSPS) is 21.5. The molecule has 4 rings (SSSR count). The second-order valence-electron chi connectivity index (χ2n) is 10.0. The third-order valence-corrected chi connectivity index (χ3v) is 6.82. The van der Waals surface area contributed by atoms with Crippen molar-refractivity contribution in [3.63, 3.8) is 0 Å². The number of hydrogen-bond donors (Lipinski definition) is 1. The van der Waals surface area contributed by atoms with Gasteiger partial charge in [0.25, 0.3) is 5.91 Å². The fraction of sp³-hybridized carbons (Fsp3) is 0.750. The Balaban J connectivity index is 1.26. The lowest BCUT2D eigenvalue weighted by Gasteiger charge is -2.41. The van der Waals surface area contributed by atoms with Gasteiger partial charge in [0.15, 0.2) is 0 Å². The van der Waals surface area contributed by atoms with Crippen molar-refractivity contribution in [1.29, 1.82) is 0 Å². The van der Waals surface area contributed by atoms with E-state index in [4.69, 9.17) is 0 Å². The molecule has 1 aliphatic carbocycles. The monoisotopic (exact) mass is 427 g/mol. The SMILES string of the molecule is Cc1nc(CC(C)C)cc(C(=O)N2CCC(N3CCC(C(=O)NC4CC4)CC3)CC2)n1. The molecule has 0 atom stereocenters. The van der Waals surface area contributed by atoms with Gasteiger partial charge < -0.3 is 15.1 Å². The van der Waals surface area contributed by atoms with Crippen LogP contribution in [0.15, 0.2) is 6.07 Å². The summed E-state index contributed by atoms with van der Waals surface area (Å²) in [6, 6.07) is 2.84. The molecule has 2 saturated heterocycles. The van der Waals surface area contributed by atoms with Crippen molar-refractivity contribution in [1.82, 2.24) is 25.1 Å². The van der Waals surface area contributed by atoms with Crippen LogP contribution in [0.5, 0.6) is 0 Å². The van der Waals surface area contributed by atoms with E-state index in [1.54, 1.807) is 0 Å². The van der Waals surface area contributed by atoms with E-state index in [0.717, 1.165) is 76.8 Å². The van der Waals surface area contributed by atoms with Crippen LogP contribution in [0, 0.1) is 18.8 Å². The zero-order valence-electron chi connectivity index (χ0n) is 19.3. The Morgan fingerprint density at radius 2 is 1.71 bits per heavy atom. The summed E-state index contributed by atoms with van der Waals surface area (Å²) in [5.74, 6) is 1.64. The quantitative estimate of drug-likeness (QED) is 0.755. The molecule has 0 aromatic carbocycles. The van der Waals surface area contributed by atoms with E-state index in [1.165, 1.54) is 0 Å². The van der Waals surface area contributed by atoms with Crippen molar-refractivity contribution in [2.45, 2.75) is 77.8 Å². The van der Waals surface area contributed by atoms with E-state index in [1.807, 2.05) is 17.9 Å². The van der Waals surface area contributed by atoms with Gasteiger partial charge in [0, 0.05) is 36.8 Å². The second-order valence-corrected chi connectivity index (χ2v) is 10.0. The van der Waals surface area contributed by atoms with Crippen molar-refractivity contribution >= 4 is 11.8 Å². The summed E-state index contributed by atoms with van der Waals surface area (Å²) < 4.78 is 0. The number of carbonyl (C=O) groups excluding carboxylic acids is 2. The molecule has 2 aliphatic heterocycles. The summed E-state index contributed by atoms with van der Waals surface area (Å²) in [6.45, 7) is 9.71. The number of aryl methyl sites for hydroxylation is 1. The van der Waals surface area contributed by atoms with Crippen LogP contribution in [0.25, 0.3) is 0 Å². The van der Waals surface area contributed by atoms with Gasteiger partial charge in [-0.15, -0.1) is 0 Å². The van der Waals surface area contributed by atoms with E-state index in [9.17, 15) is 9.59 Å². The van der Waals surface area contributed by atoms with Crippen LogP contribution >= 0.6 is 0 Å². The van der Waals surface area contributed by atoms with Gasteiger partial charge in [0.1, 0.15) is 11.5 Å². The van der Waals surface area contributed by atoms with Gasteiger partial charge in [-0.25, -0.2) is 9.97 Å². The topological polar surface area (TPSA) is 78.4 Å². The number of nitrogens with zero attached hydrogens (tertiary/aromatic N) is 4. The van der Waals surface area contributed by atoms with Crippen LogP contribution in [-0.2, 0) is 11.2 Å². The molecule has 0 bridgehead atoms. The Labute approximate surface area is 186 Å². The molecule has 7 heteroatoms. The van der Waals surface area contributed by atoms with Crippen molar-refractivity contribution < 1.29 is 9.59 Å². The highest BCUT2D eigenvalue weighted by atomic mass is 16.2. The Hall–Kier alpha value is -2.02. The minimum atomic E-state index is 0.0319. The van der Waals surface area contributed by atoms with Gasteiger partial charge in [-0.3, -0.25) is 9.59 Å². The molecule has 3 aliphatic rings. The maximum Gasteiger partial charge on any atom is 0.272 e. The third-order valence-electron chi connectivity index (χ3n) is 6.82. The molecule has 0 unspecified atom stereocenters. The summed E-state index contributed by atoms with van der Waals surface area (Å²) in [4.78, 5) is 38.8. The summed E-state index contributed by atoms with van der Waals surface area (Å²) >= 11 is 0. The number of amides is 2. The Kier molecular flexibility index (Phi) is 6.89. The number of carbonyl (C=O) groups is 2. The first-order valence-electron chi connectivity index (χ1n) is 12.1. The Morgan fingerprint density at radius 1 is 1.03 bits per heavy atom. The summed E-state index contributed by atoms with van der Waals surface area (Å²) in [7, 11) is 0. The largest absolute Gasteiger partial charge is 0.353 e. The first kappa shape index (κ1) is 22.2. The molecule has 1 aromatic rings. The molecule has 7 nitrogen and oxygen atoms in total. The van der Waals surface area contributed by atoms with Crippen LogP contribution in [0.2, 0.25) is 0 Å². The molecule has 1 saturated carbocycles. The Bertz CT molecular complexity index is 791. The predicted molar refractivity (Wildman–Crippen MR) is 120 cm³/mol. The summed E-state index contributed by atoms with van der Waals surface area (Å²) in [5.41, 5.74) is 1.48. The average molecular weight is 428 g/mol. The fourth-order valence-electron chi connectivity index (χ4n) is 4.93. The molecule has 31 heavy (non-hydrogen) atoms. The Morgan fingerprint density at radius 3 is 2.32 bits per heavy atom. The lowest BCUT2D eigenvalue weighted by Crippen LogP contribution is -2.50. The highest BCUT2D eigenvalue weighted by Crippen LogP contribution is 2.26. The van der Waals surface area contributed by atoms with Gasteiger partial charge >= 0.3 is 0 Å². The molecule has 2 amide bonds. The van der Waals surface area contributed by atoms with Gasteiger partial charge in [-0.2, -0.15) is 0 Å². The zero-order chi connectivity index (χ0) is 22.0. The van der Waals surface area contributed by atoms with Gasteiger partial charge in [0.2, 0.25) is 5.91 Å². The lowest BCUT2D eigenvalue weighted by atomic mass is 9.92. The van der Waals surface area contributed by atoms with Crippen LogP contribution in [0.4, 0.5) is 0 Å². The van der Waals surface area contributed by atoms with E-state index in [2.05, 4.69) is 34.0 Å². The van der Waals surface area contributed by atoms with Crippen LogP contribution < -0.4 is 5.32 Å². The highest BCUT2D eigenvalue weighted by molar-refractivity contribution is 5.92. The van der Waals surface area contributed by atoms with Gasteiger partial charge in [-0.1, -0.05) is 13.8 Å². The van der Waals surface area contributed by atoms with Crippen LogP contribution in [0.1, 0.15) is 74.4 Å². The number of hydrogen-bond acceptors (Lipinski definition) is 5. The second kappa shape index (κ2) is 9.63. The van der Waals surface area contributed by atoms with E-state index in [0.29, 0.717) is 29.5 Å². The number of rotatable bonds is 6. The first-order chi connectivity index (χ1) is 14.9. The molecule has 1 N–H and O–H groups in total. The molecule has 3 fully saturated rings. The summed E-state index contributed by atoms with van der Waals surface area (Å²) in [5, 5.41) is 3.16. The molecular weight excluding hydrogens is 390 g/mol. The van der Waals surface area contributed by atoms with E-state index < -0.39 is 0 Å². The molecule has 170 valence electrons. The maximum absolute atomic E-state index is 13.1. The number of likely N-dealkylation sites (tertiary alicyclic amines) is 2. The molecule has 3 heterocycles. The number of piperidine rings is 2. The third kappa shape index (κ3) is 5.82. The van der Waals surface area contributed by atoms with Crippen LogP contribution in [-0.4, -0.2) is 69.8 Å². The smallest absolute Gasteiger partial charge is 0.272 e. The molecule has 0 spiro atoms. The maximum atomic E-state index is 13.1. The van der Waals surface area contributed by atoms with Crippen molar-refractivity contribution in [3.05, 3.63) is 23.3 Å². The fourth-order valence-corrected chi connectivity index (χ4v) is 4.93. The minimum Gasteiger partial charge on any atom is -0.353 e. The number of nitrogens with one attached hydrogen (secondary N) is 1. The van der Waals surface area contributed by atoms with E-state index >= 15 is 0 Å². The van der Waals surface area contributed by atoms with Crippen molar-refractivity contribution in [2.75, 3.05) is 26.2 Å². The van der Waals surface area contributed by atoms with E-state index in [-0.39, 0.29) is 17.7 Å². The van der Waals surface area contributed by atoms with Crippen molar-refractivity contribution in [3.8, 4) is 0 Å². The molecular formula is C24H37N5O2. The zero-order valence-corrected chi connectivity index (χ0v) is 19.3. The summed E-state index contributed by atoms with van der Waals surface area (Å²) in [6.07, 6.45) is 7.06.